The Hall–Kier alpha value is -0.866. The summed E-state index contributed by atoms with van der Waals surface area (Å²) < 4.78 is 0. The van der Waals surface area contributed by atoms with Gasteiger partial charge in [0.2, 0.25) is 0 Å². The third-order valence-electron chi connectivity index (χ3n) is 6.35. The van der Waals surface area contributed by atoms with Gasteiger partial charge in [0.15, 0.2) is 0 Å². The van der Waals surface area contributed by atoms with E-state index < -0.39 is 8.07 Å². The van der Waals surface area contributed by atoms with Crippen molar-refractivity contribution in [3.05, 3.63) is 46.1 Å². The molecule has 144 valence electrons. The third-order valence-corrected chi connectivity index (χ3v) is 10.2. The van der Waals surface area contributed by atoms with Gasteiger partial charge in [-0.05, 0) is 63.6 Å². The van der Waals surface area contributed by atoms with E-state index in [0.29, 0.717) is 0 Å². The fourth-order valence-corrected chi connectivity index (χ4v) is 8.11. The topological polar surface area (TPSA) is 0 Å². The van der Waals surface area contributed by atoms with E-state index in [9.17, 15) is 0 Å². The smallest absolute Gasteiger partial charge is 0.0667 e. The van der Waals surface area contributed by atoms with Gasteiger partial charge in [0.05, 0.1) is 17.6 Å². The second kappa shape index (κ2) is 8.88. The standard InChI is InChI=1S/C24H40Si2/c1-9-10-11-12-23-19(4)18(3)20(5)24(23)16-25-21-13-17(2)14-22(15-21)26(6,7)8/h13-15,24H,9-12,16,25H2,1-8H3. The first kappa shape index (κ1) is 21.4. The van der Waals surface area contributed by atoms with Crippen LogP contribution in [0.15, 0.2) is 40.5 Å². The number of hydrogen-bond acceptors (Lipinski definition) is 0. The van der Waals surface area contributed by atoms with Crippen LogP contribution in [0.2, 0.25) is 25.7 Å². The molecule has 1 atom stereocenters. The first-order valence-electron chi connectivity index (χ1n) is 10.6. The van der Waals surface area contributed by atoms with Crippen molar-refractivity contribution in [1.29, 1.82) is 0 Å². The van der Waals surface area contributed by atoms with Crippen LogP contribution < -0.4 is 10.4 Å². The molecule has 0 aromatic heterocycles. The van der Waals surface area contributed by atoms with Crippen molar-refractivity contribution in [2.45, 2.75) is 86.0 Å². The Morgan fingerprint density at radius 2 is 1.62 bits per heavy atom. The van der Waals surface area contributed by atoms with E-state index >= 15 is 0 Å². The summed E-state index contributed by atoms with van der Waals surface area (Å²) in [4.78, 5) is 0. The molecule has 0 fully saturated rings. The molecule has 0 aliphatic heterocycles. The Balaban J connectivity index is 2.16. The number of aryl methyl sites for hydroxylation is 1. The van der Waals surface area contributed by atoms with E-state index in [-0.39, 0.29) is 9.52 Å². The number of rotatable bonds is 8. The maximum atomic E-state index is 2.57. The van der Waals surface area contributed by atoms with Gasteiger partial charge in [0, 0.05) is 0 Å². The fourth-order valence-electron chi connectivity index (χ4n) is 4.39. The average molecular weight is 385 g/mol. The Labute approximate surface area is 166 Å². The monoisotopic (exact) mass is 384 g/mol. The lowest BCUT2D eigenvalue weighted by atomic mass is 9.93. The largest absolute Gasteiger partial charge is 0.0775 e. The lowest BCUT2D eigenvalue weighted by molar-refractivity contribution is 0.664. The number of benzene rings is 1. The number of unbranched alkanes of at least 4 members (excludes halogenated alkanes) is 2. The molecule has 0 saturated heterocycles. The molecule has 2 heteroatoms. The minimum atomic E-state index is -1.22. The van der Waals surface area contributed by atoms with Crippen molar-refractivity contribution in [1.82, 2.24) is 0 Å². The summed E-state index contributed by atoms with van der Waals surface area (Å²) in [6.45, 7) is 19.1. The van der Waals surface area contributed by atoms with Crippen molar-refractivity contribution in [3.63, 3.8) is 0 Å². The third kappa shape index (κ3) is 5.10. The molecule has 0 amide bonds. The van der Waals surface area contributed by atoms with Crippen molar-refractivity contribution >= 4 is 28.0 Å². The SMILES string of the molecule is CCCCCC1=C(C)C(C)=C(C)C1C[SiH2]c1cc(C)cc([Si](C)(C)C)c1. The van der Waals surface area contributed by atoms with Gasteiger partial charge in [0.25, 0.3) is 0 Å². The maximum Gasteiger partial charge on any atom is 0.0775 e. The summed E-state index contributed by atoms with van der Waals surface area (Å²) in [5.41, 5.74) is 8.11. The van der Waals surface area contributed by atoms with Crippen LogP contribution in [-0.2, 0) is 0 Å². The molecule has 0 radical (unpaired) electrons. The van der Waals surface area contributed by atoms with Gasteiger partial charge >= 0.3 is 0 Å². The zero-order valence-electron chi connectivity index (χ0n) is 18.6. The van der Waals surface area contributed by atoms with Gasteiger partial charge in [-0.1, -0.05) is 84.7 Å². The highest BCUT2D eigenvalue weighted by atomic mass is 28.3. The van der Waals surface area contributed by atoms with Gasteiger partial charge < -0.3 is 0 Å². The minimum Gasteiger partial charge on any atom is -0.0667 e. The fraction of sp³-hybridized carbons (Fsp3) is 0.583. The van der Waals surface area contributed by atoms with Crippen LogP contribution in [0.5, 0.6) is 0 Å². The van der Waals surface area contributed by atoms with Crippen molar-refractivity contribution in [3.8, 4) is 0 Å². The Morgan fingerprint density at radius 1 is 0.923 bits per heavy atom. The highest BCUT2D eigenvalue weighted by molar-refractivity contribution is 6.89. The second-order valence-corrected chi connectivity index (χ2v) is 16.4. The number of allylic oxidation sites excluding steroid dienone is 4. The summed E-state index contributed by atoms with van der Waals surface area (Å²) in [6.07, 6.45) is 5.38. The molecule has 1 aliphatic carbocycles. The van der Waals surface area contributed by atoms with Gasteiger partial charge in [-0.15, -0.1) is 0 Å². The van der Waals surface area contributed by atoms with Crippen LogP contribution in [0, 0.1) is 12.8 Å². The van der Waals surface area contributed by atoms with Crippen LogP contribution in [0.3, 0.4) is 0 Å². The van der Waals surface area contributed by atoms with Crippen LogP contribution in [0.25, 0.3) is 0 Å². The van der Waals surface area contributed by atoms with Crippen LogP contribution in [0.1, 0.15) is 58.9 Å². The molecule has 1 aliphatic rings. The molecular formula is C24H40Si2. The average Bonchev–Trinajstić information content (AvgIpc) is 2.76. The maximum absolute atomic E-state index is 2.57. The zero-order chi connectivity index (χ0) is 19.5. The molecule has 0 heterocycles. The highest BCUT2D eigenvalue weighted by Crippen LogP contribution is 2.41. The Bertz CT molecular complexity index is 701. The molecule has 0 N–H and O–H groups in total. The molecule has 0 saturated carbocycles. The molecule has 0 nitrogen and oxygen atoms in total. The Kier molecular flexibility index (Phi) is 7.32. The van der Waals surface area contributed by atoms with E-state index in [2.05, 4.69) is 72.5 Å². The molecule has 1 aromatic rings. The van der Waals surface area contributed by atoms with Crippen molar-refractivity contribution < 1.29 is 0 Å². The normalized spacial score (nSPS) is 18.7. The molecule has 26 heavy (non-hydrogen) atoms. The second-order valence-electron chi connectivity index (χ2n) is 9.46. The van der Waals surface area contributed by atoms with Crippen molar-refractivity contribution in [2.24, 2.45) is 5.92 Å². The van der Waals surface area contributed by atoms with Gasteiger partial charge in [-0.2, -0.15) is 0 Å². The van der Waals surface area contributed by atoms with Gasteiger partial charge in [0.1, 0.15) is 0 Å². The van der Waals surface area contributed by atoms with Crippen LogP contribution in [-0.4, -0.2) is 17.6 Å². The molecule has 0 bridgehead atoms. The molecule has 1 unspecified atom stereocenters. The van der Waals surface area contributed by atoms with E-state index in [1.54, 1.807) is 32.7 Å². The predicted molar refractivity (Wildman–Crippen MR) is 126 cm³/mol. The quantitative estimate of drug-likeness (QED) is 0.403. The molecule has 1 aromatic carbocycles. The van der Waals surface area contributed by atoms with Crippen LogP contribution in [0.4, 0.5) is 0 Å². The van der Waals surface area contributed by atoms with E-state index in [1.807, 2.05) is 0 Å². The highest BCUT2D eigenvalue weighted by Gasteiger charge is 2.26. The van der Waals surface area contributed by atoms with Gasteiger partial charge in [-0.25, -0.2) is 0 Å². The summed E-state index contributed by atoms with van der Waals surface area (Å²) in [5.74, 6) is 0.745. The van der Waals surface area contributed by atoms with E-state index in [1.165, 1.54) is 37.3 Å². The minimum absolute atomic E-state index is 0.225. The van der Waals surface area contributed by atoms with E-state index in [0.717, 1.165) is 5.92 Å². The summed E-state index contributed by atoms with van der Waals surface area (Å²) in [7, 11) is -1.45. The van der Waals surface area contributed by atoms with Crippen LogP contribution >= 0.6 is 0 Å². The lowest BCUT2D eigenvalue weighted by Gasteiger charge is -2.21. The van der Waals surface area contributed by atoms with Gasteiger partial charge in [-0.3, -0.25) is 0 Å². The number of hydrogen-bond donors (Lipinski definition) is 0. The Morgan fingerprint density at radius 3 is 2.23 bits per heavy atom. The summed E-state index contributed by atoms with van der Waals surface area (Å²) >= 11 is 0. The summed E-state index contributed by atoms with van der Waals surface area (Å²) in [6, 6.07) is 8.90. The zero-order valence-corrected chi connectivity index (χ0v) is 21.0. The van der Waals surface area contributed by atoms with E-state index in [4.69, 9.17) is 0 Å². The lowest BCUT2D eigenvalue weighted by Crippen LogP contribution is -2.40. The molecular weight excluding hydrogens is 344 g/mol. The first-order valence-corrected chi connectivity index (χ1v) is 15.8. The first-order chi connectivity index (χ1) is 12.1. The molecule has 2 rings (SSSR count). The summed E-state index contributed by atoms with van der Waals surface area (Å²) in [5, 5.41) is 3.33. The van der Waals surface area contributed by atoms with Crippen molar-refractivity contribution in [2.75, 3.05) is 0 Å². The predicted octanol–water partition coefficient (Wildman–Crippen LogP) is 5.62. The molecule has 0 spiro atoms.